The number of nitrogens with zero attached hydrogens (tertiary/aromatic N) is 1. The van der Waals surface area contributed by atoms with Gasteiger partial charge in [-0.15, -0.1) is 0 Å². The summed E-state index contributed by atoms with van der Waals surface area (Å²) >= 11 is 0. The van der Waals surface area contributed by atoms with E-state index in [-0.39, 0.29) is 18.9 Å². The molecule has 4 rings (SSSR count). The number of hydrogen-bond donors (Lipinski definition) is 3. The second-order valence-corrected chi connectivity index (χ2v) is 8.17. The number of ether oxygens (including phenoxy) is 3. The van der Waals surface area contributed by atoms with Gasteiger partial charge in [0.05, 0.1) is 13.7 Å². The fourth-order valence-corrected chi connectivity index (χ4v) is 4.09. The molecule has 1 heterocycles. The molecule has 0 aliphatic carbocycles. The van der Waals surface area contributed by atoms with Crippen LogP contribution in [0.3, 0.4) is 0 Å². The molecule has 0 aromatic heterocycles. The number of aliphatic hydroxyl groups excluding tert-OH is 1. The van der Waals surface area contributed by atoms with Crippen molar-refractivity contribution in [2.45, 2.75) is 24.5 Å². The molecule has 3 aromatic rings. The van der Waals surface area contributed by atoms with Gasteiger partial charge < -0.3 is 19.3 Å². The minimum absolute atomic E-state index is 0.0603. The highest BCUT2D eigenvalue weighted by Gasteiger charge is 2.53. The molecule has 3 N–H and O–H groups in total. The largest absolute Gasteiger partial charge is 0.497 e. The van der Waals surface area contributed by atoms with Crippen LogP contribution in [0.5, 0.6) is 11.5 Å². The zero-order chi connectivity index (χ0) is 24.7. The second kappa shape index (κ2) is 11.0. The highest BCUT2D eigenvalue weighted by Crippen LogP contribution is 2.43. The first-order chi connectivity index (χ1) is 17.1. The summed E-state index contributed by atoms with van der Waals surface area (Å²) in [5.41, 5.74) is 2.56. The lowest BCUT2D eigenvalue weighted by atomic mass is 9.82. The number of carbonyl (C=O) groups is 1. The maximum atomic E-state index is 13.2. The molecule has 8 heteroatoms. The smallest absolute Gasteiger partial charge is 0.275 e. The minimum Gasteiger partial charge on any atom is -0.497 e. The van der Waals surface area contributed by atoms with Gasteiger partial charge in [-0.2, -0.15) is 0 Å². The Morgan fingerprint density at radius 1 is 1.06 bits per heavy atom. The van der Waals surface area contributed by atoms with E-state index < -0.39 is 17.6 Å². The Bertz CT molecular complexity index is 1170. The lowest BCUT2D eigenvalue weighted by molar-refractivity contribution is -0.137. The van der Waals surface area contributed by atoms with Gasteiger partial charge in [-0.05, 0) is 47.5 Å². The van der Waals surface area contributed by atoms with Gasteiger partial charge in [-0.1, -0.05) is 42.5 Å². The number of rotatable bonds is 10. The summed E-state index contributed by atoms with van der Waals surface area (Å²) in [5, 5.41) is 18.6. The number of aliphatic imine (C=N–C) groups is 1. The molecule has 0 saturated heterocycles. The van der Waals surface area contributed by atoms with Crippen LogP contribution < -0.4 is 15.0 Å². The number of benzene rings is 3. The van der Waals surface area contributed by atoms with Crippen LogP contribution >= 0.6 is 0 Å². The topological polar surface area (TPSA) is 110 Å². The van der Waals surface area contributed by atoms with Crippen LogP contribution in [0.1, 0.15) is 29.2 Å². The van der Waals surface area contributed by atoms with Gasteiger partial charge in [0.1, 0.15) is 11.5 Å². The van der Waals surface area contributed by atoms with Gasteiger partial charge in [0, 0.05) is 25.0 Å². The quantitative estimate of drug-likeness (QED) is 0.235. The van der Waals surface area contributed by atoms with Crippen LogP contribution in [0.2, 0.25) is 0 Å². The van der Waals surface area contributed by atoms with E-state index >= 15 is 0 Å². The van der Waals surface area contributed by atoms with Crippen LogP contribution in [0.4, 0.5) is 0 Å². The summed E-state index contributed by atoms with van der Waals surface area (Å²) in [6, 6.07) is 23.9. The molecule has 0 bridgehead atoms. The van der Waals surface area contributed by atoms with Crippen molar-refractivity contribution in [3.63, 3.8) is 0 Å². The van der Waals surface area contributed by atoms with Crippen molar-refractivity contribution in [1.29, 1.82) is 0 Å². The van der Waals surface area contributed by atoms with Gasteiger partial charge in [-0.3, -0.25) is 10.0 Å². The second-order valence-electron chi connectivity index (χ2n) is 8.17. The molecule has 1 aliphatic rings. The zero-order valence-corrected chi connectivity index (χ0v) is 19.4. The summed E-state index contributed by atoms with van der Waals surface area (Å²) in [5.74, 6) is 0.864. The molecule has 3 aromatic carbocycles. The van der Waals surface area contributed by atoms with E-state index in [1.165, 1.54) is 0 Å². The average Bonchev–Trinajstić information content (AvgIpc) is 3.29. The van der Waals surface area contributed by atoms with Gasteiger partial charge in [0.2, 0.25) is 5.90 Å². The number of methoxy groups -OCH3 is 1. The molecule has 1 amide bonds. The van der Waals surface area contributed by atoms with E-state index in [2.05, 4.69) is 0 Å². The number of nitrogens with one attached hydrogen (secondary N) is 1. The summed E-state index contributed by atoms with van der Waals surface area (Å²) in [4.78, 5) is 18.0. The SMILES string of the molecule is COc1cccc([C@@H]2OC(c3ccc(OCCCO)cc3)=N[C@]2(Cc2ccccc2)C(=O)NO)c1. The van der Waals surface area contributed by atoms with E-state index in [0.29, 0.717) is 35.7 Å². The number of hydrogen-bond acceptors (Lipinski definition) is 7. The van der Waals surface area contributed by atoms with E-state index in [4.69, 9.17) is 24.3 Å². The van der Waals surface area contributed by atoms with Crippen LogP contribution in [-0.2, 0) is 16.0 Å². The van der Waals surface area contributed by atoms with Gasteiger partial charge in [0.15, 0.2) is 11.6 Å². The molecule has 1 aliphatic heterocycles. The molecule has 0 spiro atoms. The van der Waals surface area contributed by atoms with Crippen molar-refractivity contribution in [1.82, 2.24) is 5.48 Å². The fraction of sp³-hybridized carbons (Fsp3) is 0.259. The molecule has 0 saturated carbocycles. The van der Waals surface area contributed by atoms with Crippen LogP contribution in [0.25, 0.3) is 0 Å². The number of aliphatic hydroxyl groups is 1. The molecule has 182 valence electrons. The Morgan fingerprint density at radius 2 is 1.83 bits per heavy atom. The van der Waals surface area contributed by atoms with Crippen molar-refractivity contribution in [3.8, 4) is 11.5 Å². The molecule has 0 fully saturated rings. The maximum absolute atomic E-state index is 13.2. The summed E-state index contributed by atoms with van der Waals surface area (Å²) in [7, 11) is 1.57. The third-order valence-electron chi connectivity index (χ3n) is 5.84. The van der Waals surface area contributed by atoms with Crippen molar-refractivity contribution in [2.75, 3.05) is 20.3 Å². The van der Waals surface area contributed by atoms with Gasteiger partial charge in [-0.25, -0.2) is 10.5 Å². The Balaban J connectivity index is 1.75. The fourth-order valence-electron chi connectivity index (χ4n) is 4.09. The molecular weight excluding hydrogens is 448 g/mol. The number of carbonyl (C=O) groups excluding carboxylic acids is 1. The number of hydroxylamine groups is 1. The third-order valence-corrected chi connectivity index (χ3v) is 5.84. The van der Waals surface area contributed by atoms with Crippen LogP contribution in [0.15, 0.2) is 83.9 Å². The van der Waals surface area contributed by atoms with Crippen molar-refractivity contribution in [3.05, 3.63) is 95.6 Å². The standard InChI is InChI=1S/C27H28N2O6/c1-33-23-10-5-9-21(17-23)24-27(26(31)29-32,18-19-7-3-2-4-8-19)28-25(35-24)20-11-13-22(14-12-20)34-16-6-15-30/h2-5,7-14,17,24,30,32H,6,15-16,18H2,1H3,(H,29,31)/t24-,27-/m0/s1. The summed E-state index contributed by atoms with van der Waals surface area (Å²) in [6.07, 6.45) is -0.0769. The molecule has 35 heavy (non-hydrogen) atoms. The Labute approximate surface area is 203 Å². The lowest BCUT2D eigenvalue weighted by Crippen LogP contribution is -2.49. The summed E-state index contributed by atoms with van der Waals surface area (Å²) < 4.78 is 17.3. The van der Waals surface area contributed by atoms with E-state index in [0.717, 1.165) is 5.56 Å². The van der Waals surface area contributed by atoms with E-state index in [1.54, 1.807) is 43.5 Å². The van der Waals surface area contributed by atoms with Gasteiger partial charge in [0.25, 0.3) is 5.91 Å². The van der Waals surface area contributed by atoms with Crippen molar-refractivity contribution in [2.24, 2.45) is 4.99 Å². The molecule has 2 atom stereocenters. The molecule has 0 radical (unpaired) electrons. The summed E-state index contributed by atoms with van der Waals surface area (Å²) in [6.45, 7) is 0.465. The zero-order valence-electron chi connectivity index (χ0n) is 19.4. The van der Waals surface area contributed by atoms with E-state index in [9.17, 15) is 10.0 Å². The first-order valence-electron chi connectivity index (χ1n) is 11.3. The minimum atomic E-state index is -1.46. The normalized spacial score (nSPS) is 18.9. The number of amides is 1. The highest BCUT2D eigenvalue weighted by molar-refractivity contribution is 6.01. The monoisotopic (exact) mass is 476 g/mol. The Kier molecular flexibility index (Phi) is 7.64. The predicted octanol–water partition coefficient (Wildman–Crippen LogP) is 3.46. The molecule has 0 unspecified atom stereocenters. The first-order valence-corrected chi connectivity index (χ1v) is 11.3. The van der Waals surface area contributed by atoms with Crippen LogP contribution in [0, 0.1) is 0 Å². The average molecular weight is 477 g/mol. The third kappa shape index (κ3) is 5.29. The Morgan fingerprint density at radius 3 is 2.51 bits per heavy atom. The van der Waals surface area contributed by atoms with Crippen LogP contribution in [-0.4, -0.2) is 48.0 Å². The predicted molar refractivity (Wildman–Crippen MR) is 130 cm³/mol. The first kappa shape index (κ1) is 24.3. The van der Waals surface area contributed by atoms with Gasteiger partial charge >= 0.3 is 0 Å². The Hall–Kier alpha value is -3.88. The molecule has 8 nitrogen and oxygen atoms in total. The van der Waals surface area contributed by atoms with E-state index in [1.807, 2.05) is 47.9 Å². The maximum Gasteiger partial charge on any atom is 0.275 e. The highest BCUT2D eigenvalue weighted by atomic mass is 16.5. The lowest BCUT2D eigenvalue weighted by Gasteiger charge is -2.29. The van der Waals surface area contributed by atoms with Crippen molar-refractivity contribution >= 4 is 11.8 Å². The molecular formula is C27H28N2O6. The van der Waals surface area contributed by atoms with Crippen molar-refractivity contribution < 1.29 is 29.3 Å².